The molecule has 1 fully saturated rings. The van der Waals surface area contributed by atoms with Crippen molar-refractivity contribution in [2.75, 3.05) is 41.9 Å². The predicted octanol–water partition coefficient (Wildman–Crippen LogP) is 3.59. The van der Waals surface area contributed by atoms with Crippen molar-refractivity contribution in [1.29, 1.82) is 0 Å². The quantitative estimate of drug-likeness (QED) is 0.828. The first-order valence-electron chi connectivity index (χ1n) is 9.27. The van der Waals surface area contributed by atoms with Gasteiger partial charge in [-0.25, -0.2) is 0 Å². The van der Waals surface area contributed by atoms with Crippen molar-refractivity contribution >= 4 is 5.96 Å². The summed E-state index contributed by atoms with van der Waals surface area (Å²) in [6, 6.07) is 16.8. The van der Waals surface area contributed by atoms with Crippen molar-refractivity contribution in [3.8, 4) is 11.5 Å². The number of rotatable bonds is 4. The summed E-state index contributed by atoms with van der Waals surface area (Å²) < 4.78 is 10.7. The van der Waals surface area contributed by atoms with E-state index in [0.717, 1.165) is 36.8 Å². The van der Waals surface area contributed by atoms with Gasteiger partial charge in [-0.2, -0.15) is 0 Å². The van der Waals surface area contributed by atoms with Gasteiger partial charge in [0.15, 0.2) is 5.96 Å². The van der Waals surface area contributed by atoms with Crippen LogP contribution in [0.4, 0.5) is 0 Å². The van der Waals surface area contributed by atoms with E-state index in [1.807, 2.05) is 31.3 Å². The average molecular weight is 367 g/mol. The summed E-state index contributed by atoms with van der Waals surface area (Å²) >= 11 is 0. The van der Waals surface area contributed by atoms with E-state index in [1.54, 1.807) is 14.2 Å². The van der Waals surface area contributed by atoms with E-state index in [0.29, 0.717) is 0 Å². The molecule has 0 aliphatic carbocycles. The molecule has 3 rings (SSSR count). The molecule has 1 heterocycles. The van der Waals surface area contributed by atoms with Crippen LogP contribution >= 0.6 is 0 Å². The van der Waals surface area contributed by atoms with E-state index in [2.05, 4.69) is 53.2 Å². The lowest BCUT2D eigenvalue weighted by atomic mass is 9.78. The van der Waals surface area contributed by atoms with Crippen molar-refractivity contribution < 1.29 is 9.47 Å². The topological polar surface area (TPSA) is 37.3 Å². The van der Waals surface area contributed by atoms with Gasteiger partial charge in [0.2, 0.25) is 0 Å². The summed E-state index contributed by atoms with van der Waals surface area (Å²) in [6.07, 6.45) is 2.06. The van der Waals surface area contributed by atoms with Crippen molar-refractivity contribution in [2.45, 2.75) is 18.4 Å². The summed E-state index contributed by atoms with van der Waals surface area (Å²) in [6.45, 7) is 0.977. The van der Waals surface area contributed by atoms with E-state index in [9.17, 15) is 0 Å². The number of hydrogen-bond donors (Lipinski definition) is 0. The van der Waals surface area contributed by atoms with Gasteiger partial charge in [0.25, 0.3) is 0 Å². The minimum absolute atomic E-state index is 0.307. The first-order chi connectivity index (χ1) is 13.1. The van der Waals surface area contributed by atoms with Crippen LogP contribution in [0, 0.1) is 0 Å². The highest BCUT2D eigenvalue weighted by Gasteiger charge is 2.42. The number of nitrogens with zero attached hydrogens (tertiary/aromatic N) is 3. The van der Waals surface area contributed by atoms with Gasteiger partial charge in [-0.15, -0.1) is 0 Å². The van der Waals surface area contributed by atoms with Crippen LogP contribution in [0.2, 0.25) is 0 Å². The second-order valence-corrected chi connectivity index (χ2v) is 6.93. The number of guanidine groups is 1. The normalized spacial score (nSPS) is 18.3. The molecule has 0 bridgehead atoms. The average Bonchev–Trinajstić information content (AvgIpc) is 2.84. The molecule has 0 radical (unpaired) electrons. The third-order valence-electron chi connectivity index (χ3n) is 5.58. The minimum Gasteiger partial charge on any atom is -0.497 e. The van der Waals surface area contributed by atoms with Crippen LogP contribution in [-0.4, -0.2) is 57.7 Å². The Hall–Kier alpha value is -2.69. The van der Waals surface area contributed by atoms with Gasteiger partial charge in [-0.1, -0.05) is 24.3 Å². The molecule has 0 saturated carbocycles. The standard InChI is InChI=1S/C22H29N3O2/c1-23-21-24(2)16-6-15-22(25(21)3,17-7-11-19(26-4)12-8-17)18-9-13-20(27-5)14-10-18/h7-14H,6,15-16H2,1-5H3. The van der Waals surface area contributed by atoms with Crippen molar-refractivity contribution in [2.24, 2.45) is 4.99 Å². The SMILES string of the molecule is CN=C1N(C)CCCC(c2ccc(OC)cc2)(c2ccc(OC)cc2)N1C. The van der Waals surface area contributed by atoms with E-state index in [1.165, 1.54) is 11.1 Å². The van der Waals surface area contributed by atoms with Gasteiger partial charge >= 0.3 is 0 Å². The molecule has 5 heteroatoms. The van der Waals surface area contributed by atoms with Crippen molar-refractivity contribution in [3.63, 3.8) is 0 Å². The molecule has 2 aromatic carbocycles. The van der Waals surface area contributed by atoms with E-state index in [4.69, 9.17) is 9.47 Å². The molecule has 1 aliphatic heterocycles. The molecule has 1 saturated heterocycles. The molecule has 5 nitrogen and oxygen atoms in total. The van der Waals surface area contributed by atoms with Crippen molar-refractivity contribution in [1.82, 2.24) is 9.80 Å². The molecule has 0 amide bonds. The first kappa shape index (κ1) is 19.1. The molecule has 0 spiro atoms. The predicted molar refractivity (Wildman–Crippen MR) is 110 cm³/mol. The zero-order chi connectivity index (χ0) is 19.4. The Morgan fingerprint density at radius 2 is 1.33 bits per heavy atom. The Morgan fingerprint density at radius 3 is 1.74 bits per heavy atom. The first-order valence-corrected chi connectivity index (χ1v) is 9.27. The summed E-state index contributed by atoms with van der Waals surface area (Å²) in [5, 5.41) is 0. The fourth-order valence-electron chi connectivity index (χ4n) is 4.16. The third-order valence-corrected chi connectivity index (χ3v) is 5.58. The third kappa shape index (κ3) is 3.34. The molecule has 0 unspecified atom stereocenters. The van der Waals surface area contributed by atoms with Crippen LogP contribution < -0.4 is 9.47 Å². The highest BCUT2D eigenvalue weighted by Crippen LogP contribution is 2.42. The maximum absolute atomic E-state index is 5.37. The fourth-order valence-corrected chi connectivity index (χ4v) is 4.16. The zero-order valence-electron chi connectivity index (χ0n) is 16.9. The van der Waals surface area contributed by atoms with Crippen molar-refractivity contribution in [3.05, 3.63) is 59.7 Å². The van der Waals surface area contributed by atoms with Gasteiger partial charge < -0.3 is 19.3 Å². The second-order valence-electron chi connectivity index (χ2n) is 6.93. The number of benzene rings is 2. The molecular formula is C22H29N3O2. The minimum atomic E-state index is -0.307. The molecule has 1 aliphatic rings. The number of methoxy groups -OCH3 is 2. The van der Waals surface area contributed by atoms with E-state index in [-0.39, 0.29) is 5.54 Å². The van der Waals surface area contributed by atoms with E-state index >= 15 is 0 Å². The highest BCUT2D eigenvalue weighted by atomic mass is 16.5. The molecular weight excluding hydrogens is 338 g/mol. The highest BCUT2D eigenvalue weighted by molar-refractivity contribution is 5.81. The lowest BCUT2D eigenvalue weighted by molar-refractivity contribution is 0.239. The molecule has 0 atom stereocenters. The summed E-state index contributed by atoms with van der Waals surface area (Å²) in [5.41, 5.74) is 2.15. The van der Waals surface area contributed by atoms with Crippen LogP contribution in [0.3, 0.4) is 0 Å². The Morgan fingerprint density at radius 1 is 0.852 bits per heavy atom. The van der Waals surface area contributed by atoms with Gasteiger partial charge in [0.1, 0.15) is 11.5 Å². The van der Waals surface area contributed by atoms with E-state index < -0.39 is 0 Å². The second kappa shape index (κ2) is 7.91. The number of aliphatic imine (C=N–C) groups is 1. The zero-order valence-corrected chi connectivity index (χ0v) is 16.9. The molecule has 0 N–H and O–H groups in total. The van der Waals surface area contributed by atoms with Gasteiger partial charge in [-0.05, 0) is 48.2 Å². The Kier molecular flexibility index (Phi) is 5.59. The summed E-state index contributed by atoms with van der Waals surface area (Å²) in [5.74, 6) is 2.71. The maximum Gasteiger partial charge on any atom is 0.196 e. The Labute approximate surface area is 162 Å². The van der Waals surface area contributed by atoms with Crippen LogP contribution in [0.25, 0.3) is 0 Å². The van der Waals surface area contributed by atoms with Crippen LogP contribution in [0.15, 0.2) is 53.5 Å². The van der Waals surface area contributed by atoms with Crippen LogP contribution in [0.1, 0.15) is 24.0 Å². The molecule has 0 aromatic heterocycles. The fraction of sp³-hybridized carbons (Fsp3) is 0.409. The molecule has 144 valence electrons. The number of hydrogen-bond acceptors (Lipinski definition) is 3. The van der Waals surface area contributed by atoms with Crippen LogP contribution in [0.5, 0.6) is 11.5 Å². The largest absolute Gasteiger partial charge is 0.497 e. The Balaban J connectivity index is 2.20. The molecule has 2 aromatic rings. The summed E-state index contributed by atoms with van der Waals surface area (Å²) in [4.78, 5) is 9.14. The monoisotopic (exact) mass is 367 g/mol. The lowest BCUT2D eigenvalue weighted by Crippen LogP contribution is -2.50. The van der Waals surface area contributed by atoms with Gasteiger partial charge in [-0.3, -0.25) is 4.99 Å². The number of ether oxygens (including phenoxy) is 2. The van der Waals surface area contributed by atoms with Crippen LogP contribution in [-0.2, 0) is 5.54 Å². The van der Waals surface area contributed by atoms with Gasteiger partial charge in [0.05, 0.1) is 19.8 Å². The lowest BCUT2D eigenvalue weighted by Gasteiger charge is -2.44. The maximum atomic E-state index is 5.37. The van der Waals surface area contributed by atoms with Gasteiger partial charge in [0, 0.05) is 27.7 Å². The Bertz CT molecular complexity index is 737. The smallest absolute Gasteiger partial charge is 0.196 e. The summed E-state index contributed by atoms with van der Waals surface area (Å²) in [7, 11) is 9.50. The molecule has 27 heavy (non-hydrogen) atoms.